The summed E-state index contributed by atoms with van der Waals surface area (Å²) >= 11 is 0. The van der Waals surface area contributed by atoms with Gasteiger partial charge >= 0.3 is 0 Å². The van der Waals surface area contributed by atoms with Crippen molar-refractivity contribution in [1.29, 1.82) is 0 Å². The van der Waals surface area contributed by atoms with Crippen LogP contribution in [0.25, 0.3) is 61.0 Å². The van der Waals surface area contributed by atoms with Crippen molar-refractivity contribution < 1.29 is 43.6 Å². The summed E-state index contributed by atoms with van der Waals surface area (Å²) in [5, 5.41) is 1.94. The quantitative estimate of drug-likeness (QED) is 0.112. The molecule has 0 N–H and O–H groups in total. The first-order valence-corrected chi connectivity index (χ1v) is 23.0. The average molecular weight is 1100 g/mol. The number of para-hydroxylation sites is 2. The van der Waals surface area contributed by atoms with E-state index < -0.39 is 77.2 Å². The maximum atomic E-state index is 9.26. The van der Waals surface area contributed by atoms with Gasteiger partial charge in [0.1, 0.15) is 11.5 Å². The summed E-state index contributed by atoms with van der Waals surface area (Å²) in [7, 11) is 0. The molecule has 2 aromatic heterocycles. The van der Waals surface area contributed by atoms with Gasteiger partial charge in [-0.3, -0.25) is 4.48 Å². The Balaban J connectivity index is 0.00000721. The Morgan fingerprint density at radius 3 is 1.97 bits per heavy atom. The second kappa shape index (κ2) is 16.9. The van der Waals surface area contributed by atoms with Gasteiger partial charge in [-0.2, -0.15) is 6.07 Å². The largest absolute Gasteiger partial charge is 0.509 e. The molecule has 13 rings (SSSR count). The molecule has 3 aliphatic heterocycles. The fourth-order valence-corrected chi connectivity index (χ4v) is 10.2. The Bertz CT molecular complexity index is 4200. The van der Waals surface area contributed by atoms with Gasteiger partial charge in [0.15, 0.2) is 18.0 Å². The smallest absolute Gasteiger partial charge is 0.184 e. The minimum Gasteiger partial charge on any atom is -0.509 e. The number of nitrogens with zero attached hydrogens (tertiary/aromatic N) is 4. The summed E-state index contributed by atoms with van der Waals surface area (Å²) in [6.07, 6.45) is 1.83. The standard InChI is InChI=1S/C64H55N4O.Pt/c1-43-19-17-28-59-61(43)68(62-53(45-22-13-9-14-23-45)26-18-27-54(62)46-24-15-10-16-25-46)41-67(59,42-68)50-36-49(64(5,6)7)37-52(39-50)69-51-30-31-55-56-35-47(44-20-11-8-12-21-44)29-32-57(56)66(58(55)40-51)60-38-48(33-34-65-60)63(2,3)4;/h8-38,41H,42H2,1-7H3;/q-1;/t67-,68-;/m1./s1/i1D3,9D,10D,13D,14D,15D,16D,22D,23D,24D,25D;. The van der Waals surface area contributed by atoms with E-state index in [0.717, 1.165) is 49.9 Å². The van der Waals surface area contributed by atoms with Crippen LogP contribution in [0.2, 0.25) is 0 Å². The molecule has 0 aliphatic carbocycles. The van der Waals surface area contributed by atoms with Gasteiger partial charge in [-0.15, -0.1) is 35.2 Å². The van der Waals surface area contributed by atoms with Gasteiger partial charge in [0.25, 0.3) is 0 Å². The van der Waals surface area contributed by atoms with Crippen LogP contribution in [-0.2, 0) is 31.9 Å². The average Bonchev–Trinajstić information content (AvgIpc) is 1.83. The van der Waals surface area contributed by atoms with E-state index in [4.69, 9.17) is 22.1 Å². The van der Waals surface area contributed by atoms with E-state index in [9.17, 15) is 5.48 Å². The van der Waals surface area contributed by atoms with E-state index in [1.165, 1.54) is 6.07 Å². The van der Waals surface area contributed by atoms with Crippen LogP contribution >= 0.6 is 0 Å². The Morgan fingerprint density at radius 1 is 0.614 bits per heavy atom. The van der Waals surface area contributed by atoms with Gasteiger partial charge in [-0.1, -0.05) is 174 Å². The number of fused-ring (bicyclic) bond motifs is 3. The fourth-order valence-electron chi connectivity index (χ4n) is 10.2. The molecule has 10 aromatic rings. The second-order valence-corrected chi connectivity index (χ2v) is 20.0. The zero-order chi connectivity index (χ0) is 58.5. The predicted molar refractivity (Wildman–Crippen MR) is 286 cm³/mol. The SMILES string of the molecule is [2H]c1c([2H])c([2H])c(-c2cccc(-c3c([2H])c([2H])c([2H])c([2H])c3[2H])c2[N@+]23[CH-][N@+](c4[c-]c(Oc5[c-]c6c(cc5)c5cc(-c7ccccc7)ccc5n6-c5cc(C(C)(C)C)ccn5)cc(C(C)(C)C)c4)(C2)c2cccc(C([2H])([2H])[2H])c23)c([2H])c1[2H].[Pt]. The molecule has 1 fully saturated rings. The number of aromatic nitrogens is 2. The van der Waals surface area contributed by atoms with Gasteiger partial charge in [-0.05, 0) is 81.2 Å². The second-order valence-electron chi connectivity index (χ2n) is 20.0. The number of aryl methyl sites for hydroxylation is 1. The first-order valence-electron chi connectivity index (χ1n) is 29.5. The third kappa shape index (κ3) is 7.37. The van der Waals surface area contributed by atoms with Gasteiger partial charge in [0, 0.05) is 76.8 Å². The summed E-state index contributed by atoms with van der Waals surface area (Å²) < 4.78 is 125. The summed E-state index contributed by atoms with van der Waals surface area (Å²) in [4.78, 5) is 4.92. The fraction of sp³-hybridized carbons (Fsp3) is 0.156. The van der Waals surface area contributed by atoms with Crippen LogP contribution in [-0.4, -0.2) is 16.2 Å². The number of hydrogen-bond acceptors (Lipinski definition) is 2. The third-order valence-electron chi connectivity index (χ3n) is 13.6. The first kappa shape index (κ1) is 32.8. The Morgan fingerprint density at radius 2 is 1.30 bits per heavy atom. The first-order chi connectivity index (χ1) is 38.7. The molecule has 0 radical (unpaired) electrons. The monoisotopic (exact) mass is 1100 g/mol. The van der Waals surface area contributed by atoms with E-state index in [1.54, 1.807) is 24.3 Å². The summed E-state index contributed by atoms with van der Waals surface area (Å²) in [5.41, 5.74) is 6.37. The van der Waals surface area contributed by atoms with Crippen LogP contribution in [0.4, 0.5) is 22.7 Å². The molecule has 70 heavy (non-hydrogen) atoms. The molecule has 0 amide bonds. The Labute approximate surface area is 445 Å². The van der Waals surface area contributed by atoms with Crippen LogP contribution < -0.4 is 13.7 Å². The van der Waals surface area contributed by atoms with Crippen LogP contribution in [0, 0.1) is 25.7 Å². The van der Waals surface area contributed by atoms with Crippen LogP contribution in [0.15, 0.2) is 188 Å². The molecule has 2 bridgehead atoms. The van der Waals surface area contributed by atoms with Gasteiger partial charge in [0.05, 0.1) is 20.4 Å². The van der Waals surface area contributed by atoms with Crippen LogP contribution in [0.1, 0.15) is 76.1 Å². The Kier molecular flexibility index (Phi) is 7.94. The molecular formula is C64H55N4OPt-. The number of benzene rings is 8. The van der Waals surface area contributed by atoms with Gasteiger partial charge in [0.2, 0.25) is 0 Å². The minimum absolute atomic E-state index is 0. The molecule has 2 atom stereocenters. The topological polar surface area (TPSA) is 27.1 Å². The van der Waals surface area contributed by atoms with Crippen molar-refractivity contribution in [2.75, 3.05) is 6.67 Å². The van der Waals surface area contributed by atoms with Crippen molar-refractivity contribution in [1.82, 2.24) is 18.5 Å². The molecule has 3 aliphatic rings. The number of rotatable bonds is 8. The van der Waals surface area contributed by atoms with Gasteiger partial charge in [-0.25, -0.2) is 4.98 Å². The van der Waals surface area contributed by atoms with Crippen molar-refractivity contribution >= 4 is 44.6 Å². The van der Waals surface area contributed by atoms with Gasteiger partial charge < -0.3 is 13.8 Å². The van der Waals surface area contributed by atoms with Crippen molar-refractivity contribution in [2.45, 2.75) is 59.2 Å². The minimum atomic E-state index is -2.73. The molecule has 5 nitrogen and oxygen atoms in total. The summed E-state index contributed by atoms with van der Waals surface area (Å²) in [6, 6.07) is 39.7. The molecule has 5 heterocycles. The van der Waals surface area contributed by atoms with E-state index in [-0.39, 0.29) is 71.1 Å². The molecule has 1 saturated heterocycles. The third-order valence-corrected chi connectivity index (χ3v) is 13.6. The summed E-state index contributed by atoms with van der Waals surface area (Å²) in [5.74, 6) is 1.44. The number of hydrogen-bond donors (Lipinski definition) is 0. The van der Waals surface area contributed by atoms with Crippen molar-refractivity contribution in [3.05, 3.63) is 223 Å². The zero-order valence-corrected chi connectivity index (χ0v) is 41.7. The molecule has 0 spiro atoms. The van der Waals surface area contributed by atoms with E-state index in [2.05, 4.69) is 94.6 Å². The maximum absolute atomic E-state index is 9.26. The van der Waals surface area contributed by atoms with Crippen molar-refractivity contribution in [3.8, 4) is 50.7 Å². The summed E-state index contributed by atoms with van der Waals surface area (Å²) in [6.45, 7) is 11.9. The molecular weight excluding hydrogens is 1040 g/mol. The normalized spacial score (nSPS) is 20.1. The number of pyridine rings is 1. The van der Waals surface area contributed by atoms with E-state index in [1.807, 2.05) is 67.5 Å². The molecule has 348 valence electrons. The molecule has 8 aromatic carbocycles. The van der Waals surface area contributed by atoms with Crippen LogP contribution in [0.3, 0.4) is 0 Å². The maximum Gasteiger partial charge on any atom is 0.184 e. The van der Waals surface area contributed by atoms with Crippen LogP contribution in [0.5, 0.6) is 11.5 Å². The van der Waals surface area contributed by atoms with E-state index in [0.29, 0.717) is 28.6 Å². The number of ether oxygens (including phenoxy) is 1. The Hall–Kier alpha value is -6.88. The number of quaternary nitrogens is 2. The molecule has 0 unspecified atom stereocenters. The zero-order valence-electron chi connectivity index (χ0n) is 52.4. The van der Waals surface area contributed by atoms with E-state index >= 15 is 0 Å². The molecule has 0 saturated carbocycles. The van der Waals surface area contributed by atoms with Crippen molar-refractivity contribution in [3.63, 3.8) is 0 Å². The molecule has 6 heteroatoms. The van der Waals surface area contributed by atoms with Crippen molar-refractivity contribution in [2.24, 2.45) is 0 Å². The predicted octanol–water partition coefficient (Wildman–Crippen LogP) is 16.9.